The highest BCUT2D eigenvalue weighted by molar-refractivity contribution is 7.46. The van der Waals surface area contributed by atoms with Crippen molar-refractivity contribution in [3.8, 4) is 0 Å². The summed E-state index contributed by atoms with van der Waals surface area (Å²) in [7, 11) is -5.85. The van der Waals surface area contributed by atoms with Crippen LogP contribution in [0.2, 0.25) is 15.1 Å². The Balaban J connectivity index is 0.000000360. The first kappa shape index (κ1) is 18.1. The van der Waals surface area contributed by atoms with Crippen LogP contribution in [0.5, 0.6) is 0 Å². The minimum Gasteiger partial charge on any atom is -0.392 e. The summed E-state index contributed by atoms with van der Waals surface area (Å²) in [4.78, 5) is 15.3. The molecule has 0 radical (unpaired) electrons. The number of rotatable bonds is 3. The monoisotopic (exact) mass is 354 g/mol. The molecule has 0 amide bonds. The van der Waals surface area contributed by atoms with Gasteiger partial charge in [-0.05, 0) is 12.1 Å². The van der Waals surface area contributed by atoms with Gasteiger partial charge in [0.15, 0.2) is 4.31 Å². The SMILES string of the molecule is O=[P+](O)O[P+](=O)O.OCc1c(Cl)cc(Cl)cc1Cl. The van der Waals surface area contributed by atoms with Gasteiger partial charge >= 0.3 is 16.5 Å². The van der Waals surface area contributed by atoms with Crippen LogP contribution in [0.15, 0.2) is 12.1 Å². The molecule has 0 aliphatic carbocycles. The Bertz CT molecular complexity index is 420. The van der Waals surface area contributed by atoms with Crippen LogP contribution in [0, 0.1) is 0 Å². The van der Waals surface area contributed by atoms with E-state index in [1.54, 1.807) is 12.1 Å². The summed E-state index contributed by atoms with van der Waals surface area (Å²) in [6.45, 7) is -0.172. The first-order valence-corrected chi connectivity index (χ1v) is 7.42. The zero-order valence-corrected chi connectivity index (χ0v) is 12.5. The largest absolute Gasteiger partial charge is 0.745 e. The molecule has 0 heterocycles. The van der Waals surface area contributed by atoms with Gasteiger partial charge in [0.2, 0.25) is 0 Å². The first-order chi connectivity index (χ1) is 8.27. The third-order valence-electron chi connectivity index (χ3n) is 1.40. The zero-order valence-electron chi connectivity index (χ0n) is 8.46. The number of hydrogen-bond acceptors (Lipinski definition) is 4. The maximum Gasteiger partial charge on any atom is 0.745 e. The minimum absolute atomic E-state index is 0.172. The summed E-state index contributed by atoms with van der Waals surface area (Å²) < 4.78 is 22.2. The average molecular weight is 355 g/mol. The number of aliphatic hydroxyl groups excluding tert-OH is 1. The van der Waals surface area contributed by atoms with Crippen LogP contribution in [0.4, 0.5) is 0 Å². The second kappa shape index (κ2) is 9.10. The Kier molecular flexibility index (Phi) is 9.17. The molecule has 0 aliphatic rings. The van der Waals surface area contributed by atoms with Crippen LogP contribution in [0.25, 0.3) is 0 Å². The van der Waals surface area contributed by atoms with Crippen LogP contribution in [-0.4, -0.2) is 14.9 Å². The van der Waals surface area contributed by atoms with E-state index in [2.05, 4.69) is 4.31 Å². The number of halogens is 3. The molecule has 0 saturated carbocycles. The molecular formula is C7H7Cl3O6P2+2. The molecule has 3 N–H and O–H groups in total. The highest BCUT2D eigenvalue weighted by Crippen LogP contribution is 2.30. The van der Waals surface area contributed by atoms with Crippen molar-refractivity contribution in [3.63, 3.8) is 0 Å². The van der Waals surface area contributed by atoms with Crippen molar-refractivity contribution >= 4 is 51.3 Å². The molecule has 0 spiro atoms. The molecule has 0 aromatic heterocycles. The maximum atomic E-state index is 9.39. The standard InChI is InChI=1S/C7H5Cl3O.O5P2/c8-4-1-6(9)5(3-11)7(10)2-4;1-6(2)5-7(3)4/h1-2,11H,3H2;/p+2. The summed E-state index contributed by atoms with van der Waals surface area (Å²) in [5.41, 5.74) is 0.512. The normalized spacial score (nSPS) is 11.4. The van der Waals surface area contributed by atoms with Crippen LogP contribution in [0.3, 0.4) is 0 Å². The molecule has 100 valence electrons. The van der Waals surface area contributed by atoms with E-state index < -0.39 is 16.5 Å². The second-order valence-electron chi connectivity index (χ2n) is 2.56. The molecule has 1 aromatic carbocycles. The average Bonchev–Trinajstić information content (AvgIpc) is 2.14. The quantitative estimate of drug-likeness (QED) is 0.718. The van der Waals surface area contributed by atoms with Gasteiger partial charge in [-0.2, -0.15) is 0 Å². The fraction of sp³-hybridized carbons (Fsp3) is 0.143. The predicted molar refractivity (Wildman–Crippen MR) is 68.1 cm³/mol. The lowest BCUT2D eigenvalue weighted by atomic mass is 10.2. The van der Waals surface area contributed by atoms with E-state index in [0.29, 0.717) is 20.6 Å². The lowest BCUT2D eigenvalue weighted by Gasteiger charge is -2.02. The molecule has 0 fully saturated rings. The lowest BCUT2D eigenvalue weighted by Crippen LogP contribution is -1.86. The fourth-order valence-corrected chi connectivity index (χ4v) is 2.20. The maximum absolute atomic E-state index is 9.39. The first-order valence-electron chi connectivity index (χ1n) is 4.02. The third-order valence-corrected chi connectivity index (χ3v) is 3.41. The molecule has 2 unspecified atom stereocenters. The molecule has 0 saturated heterocycles. The van der Waals surface area contributed by atoms with Crippen molar-refractivity contribution < 1.29 is 28.3 Å². The lowest BCUT2D eigenvalue weighted by molar-refractivity contribution is 0.282. The van der Waals surface area contributed by atoms with E-state index >= 15 is 0 Å². The van der Waals surface area contributed by atoms with Crippen molar-refractivity contribution in [1.29, 1.82) is 0 Å². The summed E-state index contributed by atoms with van der Waals surface area (Å²) in [5, 5.41) is 10.0. The molecule has 1 rings (SSSR count). The predicted octanol–water partition coefficient (Wildman–Crippen LogP) is 3.44. The van der Waals surface area contributed by atoms with Gasteiger partial charge < -0.3 is 5.11 Å². The minimum atomic E-state index is -2.92. The molecule has 2 atom stereocenters. The van der Waals surface area contributed by atoms with Gasteiger partial charge in [-0.25, -0.2) is 0 Å². The van der Waals surface area contributed by atoms with Gasteiger partial charge in [0, 0.05) is 29.8 Å². The van der Waals surface area contributed by atoms with Crippen LogP contribution in [-0.2, 0) is 20.0 Å². The van der Waals surface area contributed by atoms with Gasteiger partial charge in [0.1, 0.15) is 0 Å². The van der Waals surface area contributed by atoms with Gasteiger partial charge in [-0.15, -0.1) is 9.79 Å². The van der Waals surface area contributed by atoms with E-state index in [9.17, 15) is 9.13 Å². The smallest absolute Gasteiger partial charge is 0.392 e. The Hall–Kier alpha value is 0.130. The van der Waals surface area contributed by atoms with Gasteiger partial charge in [-0.3, -0.25) is 0 Å². The van der Waals surface area contributed by atoms with E-state index in [0.717, 1.165) is 0 Å². The molecule has 11 heteroatoms. The Morgan fingerprint density at radius 2 is 1.44 bits per heavy atom. The summed E-state index contributed by atoms with van der Waals surface area (Å²) >= 11 is 17.0. The second-order valence-corrected chi connectivity index (χ2v) is 5.42. The summed E-state index contributed by atoms with van der Waals surface area (Å²) in [5.74, 6) is 0. The van der Waals surface area contributed by atoms with Gasteiger partial charge in [0.25, 0.3) is 0 Å². The highest BCUT2D eigenvalue weighted by atomic mass is 35.5. The molecule has 0 bridgehead atoms. The number of aliphatic hydroxyl groups is 1. The van der Waals surface area contributed by atoms with Crippen molar-refractivity contribution in [2.24, 2.45) is 0 Å². The molecule has 6 nitrogen and oxygen atoms in total. The van der Waals surface area contributed by atoms with Crippen molar-refractivity contribution in [2.45, 2.75) is 6.61 Å². The molecule has 0 aliphatic heterocycles. The van der Waals surface area contributed by atoms with E-state index in [1.807, 2.05) is 0 Å². The van der Waals surface area contributed by atoms with E-state index in [4.69, 9.17) is 49.7 Å². The third kappa shape index (κ3) is 7.54. The Morgan fingerprint density at radius 1 is 1.06 bits per heavy atom. The topological polar surface area (TPSA) is 104 Å². The zero-order chi connectivity index (χ0) is 14.3. The Labute approximate surface area is 119 Å². The van der Waals surface area contributed by atoms with Crippen molar-refractivity contribution in [2.75, 3.05) is 0 Å². The van der Waals surface area contributed by atoms with Crippen LogP contribution in [0.1, 0.15) is 5.56 Å². The highest BCUT2D eigenvalue weighted by Gasteiger charge is 2.31. The number of hydrogen-bond donors (Lipinski definition) is 3. The summed E-state index contributed by atoms with van der Waals surface area (Å²) in [6.07, 6.45) is 0. The van der Waals surface area contributed by atoms with E-state index in [1.165, 1.54) is 0 Å². The Morgan fingerprint density at radius 3 is 1.67 bits per heavy atom. The fourth-order valence-electron chi connectivity index (χ4n) is 0.783. The van der Waals surface area contributed by atoms with Gasteiger partial charge in [-0.1, -0.05) is 34.8 Å². The molecule has 18 heavy (non-hydrogen) atoms. The number of benzene rings is 1. The van der Waals surface area contributed by atoms with E-state index in [-0.39, 0.29) is 6.61 Å². The van der Waals surface area contributed by atoms with Crippen molar-refractivity contribution in [1.82, 2.24) is 0 Å². The molecular weight excluding hydrogens is 348 g/mol. The molecule has 1 aromatic rings. The van der Waals surface area contributed by atoms with Crippen LogP contribution >= 0.6 is 51.3 Å². The van der Waals surface area contributed by atoms with Crippen molar-refractivity contribution in [3.05, 3.63) is 32.8 Å². The van der Waals surface area contributed by atoms with Gasteiger partial charge in [0.05, 0.1) is 6.61 Å². The van der Waals surface area contributed by atoms with Crippen LogP contribution < -0.4 is 0 Å². The summed E-state index contributed by atoms with van der Waals surface area (Å²) in [6, 6.07) is 3.08.